The van der Waals surface area contributed by atoms with E-state index in [1.54, 1.807) is 6.92 Å². The van der Waals surface area contributed by atoms with Crippen LogP contribution in [-0.2, 0) is 27.9 Å². The van der Waals surface area contributed by atoms with Crippen molar-refractivity contribution < 1.29 is 32.8 Å². The molecule has 3 aliphatic heterocycles. The van der Waals surface area contributed by atoms with E-state index in [1.165, 1.54) is 129 Å². The Balaban J connectivity index is 1.26. The fourth-order valence-corrected chi connectivity index (χ4v) is 7.88. The average Bonchev–Trinajstić information content (AvgIpc) is 3.04. The molecule has 0 aliphatic carbocycles. The number of esters is 1. The Morgan fingerprint density at radius 3 is 1.87 bits per heavy atom. The minimum atomic E-state index is -4.39. The number of quaternary nitrogens is 1. The van der Waals surface area contributed by atoms with Gasteiger partial charge in [0.25, 0.3) is 0 Å². The van der Waals surface area contributed by atoms with Crippen LogP contribution in [0.15, 0.2) is 24.3 Å². The molecule has 9 heteroatoms. The standard InChI is InChI=1S/C36H62NO7P/c1-4-5-6-7-8-9-10-11-12-13-14-15-16-17-28-41-29-36(43-32(3)38)30-42-45(39,40)44-31(2)34-18-20-35(21-19-34)37-25-22-33(23-26-37)24-27-37/h18-21,31,33,36H,4-17,22-30H2,1-3H3/p+1. The maximum absolute atomic E-state index is 12.8. The fraction of sp³-hybridized carbons (Fsp3) is 0.806. The summed E-state index contributed by atoms with van der Waals surface area (Å²) in [6.07, 6.45) is 20.6. The third kappa shape index (κ3) is 14.6. The predicted molar refractivity (Wildman–Crippen MR) is 182 cm³/mol. The molecule has 45 heavy (non-hydrogen) atoms. The minimum Gasteiger partial charge on any atom is -0.458 e. The average molecular weight is 653 g/mol. The molecule has 1 aromatic rings. The summed E-state index contributed by atoms with van der Waals surface area (Å²) in [5.74, 6) is 0.410. The zero-order valence-electron chi connectivity index (χ0n) is 28.6. The molecule has 3 fully saturated rings. The third-order valence-electron chi connectivity index (χ3n) is 9.80. The predicted octanol–water partition coefficient (Wildman–Crippen LogP) is 9.43. The molecule has 3 heterocycles. The molecule has 1 N–H and O–H groups in total. The largest absolute Gasteiger partial charge is 0.472 e. The van der Waals surface area contributed by atoms with Crippen LogP contribution in [0.25, 0.3) is 0 Å². The quantitative estimate of drug-likeness (QED) is 0.0487. The van der Waals surface area contributed by atoms with Crippen molar-refractivity contribution >= 4 is 19.5 Å². The van der Waals surface area contributed by atoms with Crippen molar-refractivity contribution in [3.63, 3.8) is 0 Å². The number of piperidine rings is 3. The SMILES string of the molecule is CCCCCCCCCCCCCCCCOCC(COP(=O)(O)OC(C)c1ccc([N+]23CCC(CC2)CC3)cc1)OC(C)=O. The second kappa shape index (κ2) is 20.8. The topological polar surface area (TPSA) is 91.3 Å². The number of hydrogen-bond acceptors (Lipinski definition) is 6. The summed E-state index contributed by atoms with van der Waals surface area (Å²) in [6.45, 7) is 9.28. The minimum absolute atomic E-state index is 0.107. The Morgan fingerprint density at radius 1 is 0.844 bits per heavy atom. The van der Waals surface area contributed by atoms with Gasteiger partial charge >= 0.3 is 13.8 Å². The van der Waals surface area contributed by atoms with Crippen LogP contribution in [-0.4, -0.2) is 56.4 Å². The molecule has 3 aliphatic rings. The highest BCUT2D eigenvalue weighted by Gasteiger charge is 2.41. The number of fused-ring (bicyclic) bond motifs is 3. The summed E-state index contributed by atoms with van der Waals surface area (Å²) in [6, 6.07) is 8.24. The molecule has 0 saturated carbocycles. The summed E-state index contributed by atoms with van der Waals surface area (Å²) >= 11 is 0. The zero-order chi connectivity index (χ0) is 32.4. The van der Waals surface area contributed by atoms with Gasteiger partial charge in [-0.3, -0.25) is 18.3 Å². The van der Waals surface area contributed by atoms with E-state index >= 15 is 0 Å². The number of phosphoric ester groups is 1. The van der Waals surface area contributed by atoms with Crippen molar-refractivity contribution in [2.45, 2.75) is 142 Å². The lowest BCUT2D eigenvalue weighted by atomic mass is 9.85. The number of carbonyl (C=O) groups excluding carboxylic acids is 1. The van der Waals surface area contributed by atoms with Crippen molar-refractivity contribution in [1.82, 2.24) is 4.48 Å². The zero-order valence-corrected chi connectivity index (χ0v) is 29.5. The number of unbranched alkanes of at least 4 members (excludes halogenated alkanes) is 13. The molecular weight excluding hydrogens is 589 g/mol. The molecule has 0 radical (unpaired) electrons. The molecule has 1 aromatic carbocycles. The van der Waals surface area contributed by atoms with E-state index < -0.39 is 26.0 Å². The summed E-state index contributed by atoms with van der Waals surface area (Å²) in [7, 11) is -4.39. The van der Waals surface area contributed by atoms with E-state index in [0.29, 0.717) is 6.61 Å². The van der Waals surface area contributed by atoms with Gasteiger partial charge in [0.2, 0.25) is 0 Å². The van der Waals surface area contributed by atoms with Gasteiger partial charge in [-0.2, -0.15) is 0 Å². The van der Waals surface area contributed by atoms with Gasteiger partial charge in [0, 0.05) is 32.8 Å². The van der Waals surface area contributed by atoms with Crippen LogP contribution < -0.4 is 4.48 Å². The van der Waals surface area contributed by atoms with Crippen molar-refractivity contribution in [2.24, 2.45) is 5.92 Å². The Bertz CT molecular complexity index is 982. The van der Waals surface area contributed by atoms with Crippen molar-refractivity contribution in [3.05, 3.63) is 29.8 Å². The van der Waals surface area contributed by atoms with Crippen LogP contribution in [0.3, 0.4) is 0 Å². The highest BCUT2D eigenvalue weighted by Crippen LogP contribution is 2.48. The normalized spacial score (nSPS) is 22.2. The molecule has 0 amide bonds. The van der Waals surface area contributed by atoms with Gasteiger partial charge in [-0.05, 0) is 37.0 Å². The molecule has 258 valence electrons. The molecule has 3 atom stereocenters. The van der Waals surface area contributed by atoms with Crippen molar-refractivity contribution in [1.29, 1.82) is 0 Å². The molecule has 8 nitrogen and oxygen atoms in total. The lowest BCUT2D eigenvalue weighted by molar-refractivity contribution is -0.151. The summed E-state index contributed by atoms with van der Waals surface area (Å²) in [5, 5.41) is 0. The van der Waals surface area contributed by atoms with E-state index in [2.05, 4.69) is 19.1 Å². The number of ether oxygens (including phenoxy) is 2. The van der Waals surface area contributed by atoms with E-state index in [9.17, 15) is 14.3 Å². The number of nitrogens with zero attached hydrogens (tertiary/aromatic N) is 1. The van der Waals surface area contributed by atoms with E-state index in [0.717, 1.165) is 28.8 Å². The van der Waals surface area contributed by atoms with Gasteiger partial charge in [0.05, 0.1) is 39.0 Å². The lowest BCUT2D eigenvalue weighted by Crippen LogP contribution is -2.59. The van der Waals surface area contributed by atoms with Crippen LogP contribution in [0.2, 0.25) is 0 Å². The van der Waals surface area contributed by atoms with Crippen LogP contribution in [0.5, 0.6) is 0 Å². The van der Waals surface area contributed by atoms with Gasteiger partial charge in [-0.1, -0.05) is 103 Å². The third-order valence-corrected chi connectivity index (χ3v) is 10.9. The Morgan fingerprint density at radius 2 is 1.36 bits per heavy atom. The van der Waals surface area contributed by atoms with Crippen LogP contribution in [0.4, 0.5) is 5.69 Å². The first-order chi connectivity index (χ1) is 21.7. The molecule has 0 aromatic heterocycles. The number of carbonyl (C=O) groups is 1. The van der Waals surface area contributed by atoms with Gasteiger partial charge in [-0.15, -0.1) is 0 Å². The second-order valence-corrected chi connectivity index (χ2v) is 15.0. The first-order valence-electron chi connectivity index (χ1n) is 18.1. The number of benzene rings is 1. The summed E-state index contributed by atoms with van der Waals surface area (Å²) < 4.78 is 35.5. The molecule has 2 bridgehead atoms. The molecule has 3 unspecified atom stereocenters. The fourth-order valence-electron chi connectivity index (χ4n) is 6.94. The van der Waals surface area contributed by atoms with Gasteiger partial charge in [0.15, 0.2) is 0 Å². The maximum Gasteiger partial charge on any atom is 0.472 e. The number of rotatable bonds is 25. The molecular formula is C36H63NO7P+. The van der Waals surface area contributed by atoms with Gasteiger partial charge in [-0.25, -0.2) is 4.57 Å². The Kier molecular flexibility index (Phi) is 17.7. The van der Waals surface area contributed by atoms with Crippen molar-refractivity contribution in [3.8, 4) is 0 Å². The van der Waals surface area contributed by atoms with Crippen LogP contribution >= 0.6 is 7.82 Å². The monoisotopic (exact) mass is 652 g/mol. The highest BCUT2D eigenvalue weighted by atomic mass is 31.2. The summed E-state index contributed by atoms with van der Waals surface area (Å²) in [4.78, 5) is 22.0. The van der Waals surface area contributed by atoms with E-state index in [4.69, 9.17) is 18.5 Å². The molecule has 4 rings (SSSR count). The Hall–Kier alpha value is -1.28. The molecule has 0 spiro atoms. The van der Waals surface area contributed by atoms with Crippen LogP contribution in [0.1, 0.15) is 142 Å². The number of phosphoric acid groups is 1. The smallest absolute Gasteiger partial charge is 0.458 e. The Labute approximate surface area is 273 Å². The first-order valence-corrected chi connectivity index (χ1v) is 19.6. The van der Waals surface area contributed by atoms with Gasteiger partial charge in [0.1, 0.15) is 11.8 Å². The van der Waals surface area contributed by atoms with Gasteiger partial charge < -0.3 is 14.4 Å². The maximum atomic E-state index is 12.8. The summed E-state index contributed by atoms with van der Waals surface area (Å²) in [5.41, 5.74) is 2.13. The first kappa shape index (κ1) is 38.2. The number of hydrogen-bond donors (Lipinski definition) is 1. The van der Waals surface area contributed by atoms with Crippen LogP contribution in [0, 0.1) is 5.92 Å². The van der Waals surface area contributed by atoms with E-state index in [1.807, 2.05) is 12.1 Å². The molecule has 3 saturated heterocycles. The highest BCUT2D eigenvalue weighted by molar-refractivity contribution is 7.47. The second-order valence-electron chi connectivity index (χ2n) is 13.6. The van der Waals surface area contributed by atoms with E-state index in [-0.39, 0.29) is 13.2 Å². The lowest BCUT2D eigenvalue weighted by Gasteiger charge is -2.48. The van der Waals surface area contributed by atoms with Crippen molar-refractivity contribution in [2.75, 3.05) is 39.5 Å².